The van der Waals surface area contributed by atoms with Gasteiger partial charge in [0.05, 0.1) is 12.0 Å². The molecule has 1 aromatic rings. The summed E-state index contributed by atoms with van der Waals surface area (Å²) in [6, 6.07) is 4.82. The molecule has 5 nitrogen and oxygen atoms in total. The topological polar surface area (TPSA) is 77.8 Å². The van der Waals surface area contributed by atoms with Gasteiger partial charge in [0.25, 0.3) is 5.91 Å². The van der Waals surface area contributed by atoms with Crippen molar-refractivity contribution in [1.82, 2.24) is 4.90 Å². The van der Waals surface area contributed by atoms with Gasteiger partial charge in [0, 0.05) is 12.1 Å². The van der Waals surface area contributed by atoms with E-state index in [9.17, 15) is 14.7 Å². The van der Waals surface area contributed by atoms with E-state index in [1.807, 2.05) is 27.7 Å². The molecule has 0 atom stereocenters. The molecule has 0 spiro atoms. The number of aromatic hydroxyl groups is 1. The molecule has 0 saturated carbocycles. The van der Waals surface area contributed by atoms with E-state index >= 15 is 0 Å². The van der Waals surface area contributed by atoms with Crippen LogP contribution in [0.3, 0.4) is 0 Å². The number of rotatable bonds is 4. The molecule has 0 unspecified atom stereocenters. The lowest BCUT2D eigenvalue weighted by Crippen LogP contribution is -2.46. The summed E-state index contributed by atoms with van der Waals surface area (Å²) in [4.78, 5) is 24.7. The van der Waals surface area contributed by atoms with E-state index in [4.69, 9.17) is 5.11 Å². The Morgan fingerprint density at radius 2 is 1.85 bits per heavy atom. The quantitative estimate of drug-likeness (QED) is 0.887. The number of amides is 1. The van der Waals surface area contributed by atoms with E-state index in [0.29, 0.717) is 0 Å². The summed E-state index contributed by atoms with van der Waals surface area (Å²) >= 11 is 0. The highest BCUT2D eigenvalue weighted by atomic mass is 16.4. The molecule has 20 heavy (non-hydrogen) atoms. The number of phenolic OH excluding ortho intramolecular Hbond substituents is 1. The third-order valence-electron chi connectivity index (χ3n) is 2.99. The molecule has 0 fully saturated rings. The molecular weight excluding hydrogens is 258 g/mol. The highest BCUT2D eigenvalue weighted by Gasteiger charge is 2.29. The molecule has 110 valence electrons. The van der Waals surface area contributed by atoms with E-state index in [1.54, 1.807) is 12.1 Å². The van der Waals surface area contributed by atoms with Crippen LogP contribution in [0.1, 0.15) is 43.1 Å². The lowest BCUT2D eigenvalue weighted by Gasteiger charge is -2.35. The molecule has 0 heterocycles. The van der Waals surface area contributed by atoms with Crippen LogP contribution in [-0.4, -0.2) is 39.1 Å². The number of hydrogen-bond acceptors (Lipinski definition) is 3. The minimum absolute atomic E-state index is 0.0837. The monoisotopic (exact) mass is 279 g/mol. The molecule has 2 N–H and O–H groups in total. The van der Waals surface area contributed by atoms with Gasteiger partial charge in [-0.15, -0.1) is 0 Å². The van der Waals surface area contributed by atoms with Crippen LogP contribution in [0.25, 0.3) is 0 Å². The molecule has 0 aromatic heterocycles. The Kier molecular flexibility index (Phi) is 4.76. The van der Waals surface area contributed by atoms with Crippen molar-refractivity contribution in [2.45, 2.75) is 39.7 Å². The van der Waals surface area contributed by atoms with Gasteiger partial charge in [-0.3, -0.25) is 9.59 Å². The number of carbonyl (C=O) groups is 2. The van der Waals surface area contributed by atoms with E-state index in [2.05, 4.69) is 0 Å². The predicted octanol–water partition coefficient (Wildman–Crippen LogP) is 2.42. The van der Waals surface area contributed by atoms with Crippen LogP contribution in [0, 0.1) is 6.92 Å². The van der Waals surface area contributed by atoms with Crippen molar-refractivity contribution < 1.29 is 19.8 Å². The molecule has 0 bridgehead atoms. The Morgan fingerprint density at radius 3 is 2.30 bits per heavy atom. The summed E-state index contributed by atoms with van der Waals surface area (Å²) < 4.78 is 0. The number of aryl methyl sites for hydroxylation is 1. The maximum atomic E-state index is 12.5. The predicted molar refractivity (Wildman–Crippen MR) is 75.9 cm³/mol. The highest BCUT2D eigenvalue weighted by molar-refractivity contribution is 5.97. The second-order valence-electron chi connectivity index (χ2n) is 5.79. The zero-order valence-electron chi connectivity index (χ0n) is 12.3. The molecule has 0 aliphatic heterocycles. The largest absolute Gasteiger partial charge is 0.507 e. The molecular formula is C15H21NO4. The van der Waals surface area contributed by atoms with E-state index < -0.39 is 11.5 Å². The fraction of sp³-hybridized carbons (Fsp3) is 0.467. The lowest BCUT2D eigenvalue weighted by atomic mass is 10.0. The lowest BCUT2D eigenvalue weighted by molar-refractivity contribution is -0.137. The van der Waals surface area contributed by atoms with Crippen LogP contribution in [0.2, 0.25) is 0 Å². The molecule has 1 amide bonds. The van der Waals surface area contributed by atoms with Gasteiger partial charge in [-0.05, 0) is 45.4 Å². The van der Waals surface area contributed by atoms with Gasteiger partial charge in [-0.2, -0.15) is 0 Å². The molecule has 0 aliphatic carbocycles. The summed E-state index contributed by atoms with van der Waals surface area (Å²) in [6.45, 7) is 7.42. The van der Waals surface area contributed by atoms with Gasteiger partial charge in [0.1, 0.15) is 5.75 Å². The Balaban J connectivity index is 3.07. The maximum Gasteiger partial charge on any atom is 0.305 e. The Labute approximate surface area is 118 Å². The van der Waals surface area contributed by atoms with Crippen LogP contribution in [0.15, 0.2) is 18.2 Å². The molecule has 0 radical (unpaired) electrons. The first kappa shape index (κ1) is 16.0. The fourth-order valence-electron chi connectivity index (χ4n) is 1.92. The van der Waals surface area contributed by atoms with Crippen molar-refractivity contribution in [3.05, 3.63) is 29.3 Å². The standard InChI is InChI=1S/C15H21NO4/c1-10-5-6-11(12(17)9-10)14(20)16(15(2,3)4)8-7-13(18)19/h5-6,9,17H,7-8H2,1-4H3,(H,18,19). The van der Waals surface area contributed by atoms with Crippen molar-refractivity contribution in [3.8, 4) is 5.75 Å². The minimum atomic E-state index is -0.958. The second kappa shape index (κ2) is 5.94. The van der Waals surface area contributed by atoms with E-state index in [0.717, 1.165) is 5.56 Å². The molecule has 1 aromatic carbocycles. The van der Waals surface area contributed by atoms with Crippen molar-refractivity contribution in [2.75, 3.05) is 6.54 Å². The SMILES string of the molecule is Cc1ccc(C(=O)N(CCC(=O)O)C(C)(C)C)c(O)c1. The number of carboxylic acid groups (broad SMARTS) is 1. The van der Waals surface area contributed by atoms with Crippen LogP contribution in [-0.2, 0) is 4.79 Å². The number of phenols is 1. The molecule has 5 heteroatoms. The minimum Gasteiger partial charge on any atom is -0.507 e. The summed E-state index contributed by atoms with van der Waals surface area (Å²) in [7, 11) is 0. The molecule has 0 aliphatic rings. The van der Waals surface area contributed by atoms with Crippen molar-refractivity contribution in [1.29, 1.82) is 0 Å². The van der Waals surface area contributed by atoms with E-state index in [1.165, 1.54) is 11.0 Å². The van der Waals surface area contributed by atoms with Gasteiger partial charge in [-0.1, -0.05) is 6.07 Å². The highest BCUT2D eigenvalue weighted by Crippen LogP contribution is 2.24. The first-order chi connectivity index (χ1) is 9.12. The average molecular weight is 279 g/mol. The van der Waals surface area contributed by atoms with Crippen molar-refractivity contribution in [2.24, 2.45) is 0 Å². The van der Waals surface area contributed by atoms with Crippen LogP contribution < -0.4 is 0 Å². The first-order valence-corrected chi connectivity index (χ1v) is 6.46. The number of benzene rings is 1. The van der Waals surface area contributed by atoms with Crippen LogP contribution >= 0.6 is 0 Å². The Hall–Kier alpha value is -2.04. The van der Waals surface area contributed by atoms with Gasteiger partial charge in [-0.25, -0.2) is 0 Å². The second-order valence-corrected chi connectivity index (χ2v) is 5.79. The molecule has 0 saturated heterocycles. The first-order valence-electron chi connectivity index (χ1n) is 6.46. The third-order valence-corrected chi connectivity index (χ3v) is 2.99. The smallest absolute Gasteiger partial charge is 0.305 e. The zero-order chi connectivity index (χ0) is 15.5. The van der Waals surface area contributed by atoms with Crippen molar-refractivity contribution >= 4 is 11.9 Å². The summed E-state index contributed by atoms with van der Waals surface area (Å²) in [6.07, 6.45) is -0.129. The Bertz CT molecular complexity index is 517. The maximum absolute atomic E-state index is 12.5. The van der Waals surface area contributed by atoms with Crippen LogP contribution in [0.4, 0.5) is 0 Å². The molecule has 1 rings (SSSR count). The number of carbonyl (C=O) groups excluding carboxylic acids is 1. The van der Waals surface area contributed by atoms with Gasteiger partial charge in [0.2, 0.25) is 0 Å². The van der Waals surface area contributed by atoms with E-state index in [-0.39, 0.29) is 30.2 Å². The van der Waals surface area contributed by atoms with Gasteiger partial charge >= 0.3 is 5.97 Å². The fourth-order valence-corrected chi connectivity index (χ4v) is 1.92. The third kappa shape index (κ3) is 3.98. The van der Waals surface area contributed by atoms with Crippen molar-refractivity contribution in [3.63, 3.8) is 0 Å². The summed E-state index contributed by atoms with van der Waals surface area (Å²) in [5.74, 6) is -1.41. The normalized spacial score (nSPS) is 11.2. The van der Waals surface area contributed by atoms with Gasteiger partial charge < -0.3 is 15.1 Å². The number of hydrogen-bond donors (Lipinski definition) is 2. The number of carboxylic acids is 1. The summed E-state index contributed by atoms with van der Waals surface area (Å²) in [5, 5.41) is 18.7. The summed E-state index contributed by atoms with van der Waals surface area (Å²) in [5.41, 5.74) is 0.520. The average Bonchev–Trinajstić information content (AvgIpc) is 2.26. The van der Waals surface area contributed by atoms with Crippen LogP contribution in [0.5, 0.6) is 5.75 Å². The number of nitrogens with zero attached hydrogens (tertiary/aromatic N) is 1. The van der Waals surface area contributed by atoms with Gasteiger partial charge in [0.15, 0.2) is 0 Å². The zero-order valence-corrected chi connectivity index (χ0v) is 12.3. The Morgan fingerprint density at radius 1 is 1.25 bits per heavy atom. The number of aliphatic carboxylic acids is 1.